The van der Waals surface area contributed by atoms with Gasteiger partial charge < -0.3 is 14.8 Å². The first-order valence-electron chi connectivity index (χ1n) is 9.61. The van der Waals surface area contributed by atoms with Crippen LogP contribution in [0, 0.1) is 5.82 Å². The number of carbonyl (C=O) groups is 2. The molecule has 0 radical (unpaired) electrons. The number of allylic oxidation sites excluding steroid dienone is 1. The molecule has 1 N–H and O–H groups in total. The SMILES string of the molecule is CC(C)OC(=O)[C@H](C)OC(=O)C1=C(CBr)NC(c2nccs2)=N[C@H]1c1ccc(F)cc1Br. The number of hydrogen-bond acceptors (Lipinski definition) is 8. The maximum absolute atomic E-state index is 13.7. The number of alkyl halides is 1. The summed E-state index contributed by atoms with van der Waals surface area (Å²) < 4.78 is 24.7. The van der Waals surface area contributed by atoms with Crippen LogP contribution in [-0.4, -0.2) is 40.3 Å². The number of benzene rings is 1. The second-order valence-electron chi connectivity index (χ2n) is 7.07. The highest BCUT2D eigenvalue weighted by Crippen LogP contribution is 2.37. The second kappa shape index (κ2) is 10.7. The van der Waals surface area contributed by atoms with Crippen LogP contribution in [0.5, 0.6) is 0 Å². The van der Waals surface area contributed by atoms with E-state index in [0.717, 1.165) is 0 Å². The highest BCUT2D eigenvalue weighted by molar-refractivity contribution is 9.10. The molecular weight excluding hydrogens is 569 g/mol. The number of esters is 2. The van der Waals surface area contributed by atoms with E-state index in [0.29, 0.717) is 26.6 Å². The topological polar surface area (TPSA) is 89.9 Å². The van der Waals surface area contributed by atoms with Crippen LogP contribution in [0.15, 0.2) is 50.5 Å². The lowest BCUT2D eigenvalue weighted by Crippen LogP contribution is -2.36. The number of nitrogens with one attached hydrogen (secondary N) is 1. The lowest BCUT2D eigenvalue weighted by atomic mass is 9.96. The number of halogens is 3. The van der Waals surface area contributed by atoms with Crippen molar-refractivity contribution in [2.24, 2.45) is 4.99 Å². The van der Waals surface area contributed by atoms with E-state index >= 15 is 0 Å². The molecule has 2 heterocycles. The first kappa shape index (κ1) is 24.5. The third kappa shape index (κ3) is 5.62. The first-order chi connectivity index (χ1) is 15.2. The van der Waals surface area contributed by atoms with Crippen LogP contribution < -0.4 is 5.32 Å². The van der Waals surface area contributed by atoms with Gasteiger partial charge in [0.25, 0.3) is 0 Å². The smallest absolute Gasteiger partial charge is 0.347 e. The van der Waals surface area contributed by atoms with Gasteiger partial charge in [-0.1, -0.05) is 37.9 Å². The average molecular weight is 589 g/mol. The minimum atomic E-state index is -1.12. The molecule has 2 aromatic rings. The van der Waals surface area contributed by atoms with Gasteiger partial charge in [-0.05, 0) is 38.5 Å². The molecule has 7 nitrogen and oxygen atoms in total. The second-order valence-corrected chi connectivity index (χ2v) is 9.38. The highest BCUT2D eigenvalue weighted by atomic mass is 79.9. The van der Waals surface area contributed by atoms with Crippen molar-refractivity contribution in [1.82, 2.24) is 10.3 Å². The Labute approximate surface area is 205 Å². The standard InChI is InChI=1S/C21H20Br2FN3O4S/c1-10(2)30-20(28)11(3)31-21(29)16-15(9-22)26-18(19-25-6-7-32-19)27-17(16)13-5-4-12(24)8-14(13)23/h4-8,10-11,17H,9H2,1-3H3,(H,26,27)/t11-,17-/m0/s1. The summed E-state index contributed by atoms with van der Waals surface area (Å²) in [5.74, 6) is -1.34. The van der Waals surface area contributed by atoms with E-state index in [1.807, 2.05) is 5.38 Å². The van der Waals surface area contributed by atoms with E-state index in [1.54, 1.807) is 26.1 Å². The predicted octanol–water partition coefficient (Wildman–Crippen LogP) is 4.67. The van der Waals surface area contributed by atoms with E-state index < -0.39 is 29.9 Å². The number of aliphatic imine (C=N–C) groups is 1. The maximum atomic E-state index is 13.7. The summed E-state index contributed by atoms with van der Waals surface area (Å²) in [6, 6.07) is 3.32. The van der Waals surface area contributed by atoms with Crippen molar-refractivity contribution in [2.45, 2.75) is 39.0 Å². The van der Waals surface area contributed by atoms with E-state index in [2.05, 4.69) is 42.2 Å². The molecule has 0 unspecified atom stereocenters. The van der Waals surface area contributed by atoms with E-state index in [9.17, 15) is 14.0 Å². The number of carbonyl (C=O) groups excluding carboxylic acids is 2. The molecule has 0 amide bonds. The fourth-order valence-corrected chi connectivity index (χ4v) is 4.54. The molecule has 0 saturated heterocycles. The van der Waals surface area contributed by atoms with E-state index in [-0.39, 0.29) is 17.0 Å². The van der Waals surface area contributed by atoms with Gasteiger partial charge in [0.2, 0.25) is 0 Å². The molecule has 1 aliphatic heterocycles. The van der Waals surface area contributed by atoms with Crippen LogP contribution in [0.1, 0.15) is 37.4 Å². The van der Waals surface area contributed by atoms with Gasteiger partial charge in [0, 0.05) is 27.1 Å². The number of amidine groups is 1. The summed E-state index contributed by atoms with van der Waals surface area (Å²) in [5.41, 5.74) is 1.25. The van der Waals surface area contributed by atoms with Gasteiger partial charge >= 0.3 is 11.9 Å². The van der Waals surface area contributed by atoms with Crippen LogP contribution in [0.3, 0.4) is 0 Å². The summed E-state index contributed by atoms with van der Waals surface area (Å²) >= 11 is 8.16. The molecule has 3 rings (SSSR count). The Balaban J connectivity index is 2.02. The van der Waals surface area contributed by atoms with E-state index in [1.165, 1.54) is 30.4 Å². The Morgan fingerprint density at radius 3 is 2.62 bits per heavy atom. The van der Waals surface area contributed by atoms with Gasteiger partial charge in [0.1, 0.15) is 11.9 Å². The Bertz CT molecular complexity index is 1070. The molecule has 0 fully saturated rings. The van der Waals surface area contributed by atoms with Gasteiger partial charge in [-0.25, -0.2) is 19.0 Å². The first-order valence-corrected chi connectivity index (χ1v) is 12.4. The van der Waals surface area contributed by atoms with Crippen molar-refractivity contribution in [1.29, 1.82) is 0 Å². The van der Waals surface area contributed by atoms with Crippen molar-refractivity contribution in [3.63, 3.8) is 0 Å². The van der Waals surface area contributed by atoms with Crippen LogP contribution in [0.2, 0.25) is 0 Å². The zero-order valence-corrected chi connectivity index (χ0v) is 21.4. The molecular formula is C21H20Br2FN3O4S. The Morgan fingerprint density at radius 2 is 2.03 bits per heavy atom. The van der Waals surface area contributed by atoms with Crippen molar-refractivity contribution in [3.8, 4) is 0 Å². The zero-order chi connectivity index (χ0) is 23.4. The van der Waals surface area contributed by atoms with Crippen molar-refractivity contribution in [2.75, 3.05) is 5.33 Å². The fraction of sp³-hybridized carbons (Fsp3) is 0.333. The van der Waals surface area contributed by atoms with Gasteiger partial charge in [0.05, 0.1) is 11.7 Å². The minimum Gasteiger partial charge on any atom is -0.460 e. The minimum absolute atomic E-state index is 0.193. The van der Waals surface area contributed by atoms with Crippen molar-refractivity contribution in [3.05, 3.63) is 61.9 Å². The molecule has 0 spiro atoms. The lowest BCUT2D eigenvalue weighted by Gasteiger charge is -2.27. The van der Waals surface area contributed by atoms with Gasteiger partial charge in [-0.3, -0.25) is 4.99 Å². The molecule has 1 aromatic carbocycles. The molecule has 170 valence electrons. The van der Waals surface area contributed by atoms with Crippen LogP contribution in [-0.2, 0) is 19.1 Å². The van der Waals surface area contributed by atoms with Gasteiger partial charge in [0.15, 0.2) is 16.9 Å². The molecule has 2 atom stereocenters. The van der Waals surface area contributed by atoms with Gasteiger partial charge in [-0.15, -0.1) is 11.3 Å². The molecule has 0 saturated carbocycles. The number of aromatic nitrogens is 1. The number of hydrogen-bond donors (Lipinski definition) is 1. The summed E-state index contributed by atoms with van der Waals surface area (Å²) in [7, 11) is 0. The van der Waals surface area contributed by atoms with Crippen LogP contribution in [0.25, 0.3) is 0 Å². The molecule has 1 aliphatic rings. The van der Waals surface area contributed by atoms with Crippen molar-refractivity contribution >= 4 is 61.0 Å². The molecule has 11 heteroatoms. The monoisotopic (exact) mass is 587 g/mol. The maximum Gasteiger partial charge on any atom is 0.347 e. The van der Waals surface area contributed by atoms with Crippen LogP contribution in [0.4, 0.5) is 4.39 Å². The summed E-state index contributed by atoms with van der Waals surface area (Å²) in [6.07, 6.45) is 0.192. The third-order valence-electron chi connectivity index (χ3n) is 4.34. The van der Waals surface area contributed by atoms with Gasteiger partial charge in [-0.2, -0.15) is 0 Å². The van der Waals surface area contributed by atoms with Crippen LogP contribution >= 0.6 is 43.2 Å². The Kier molecular flexibility index (Phi) is 8.18. The predicted molar refractivity (Wildman–Crippen MR) is 126 cm³/mol. The third-order valence-corrected chi connectivity index (χ3v) is 6.37. The summed E-state index contributed by atoms with van der Waals surface area (Å²) in [6.45, 7) is 4.86. The summed E-state index contributed by atoms with van der Waals surface area (Å²) in [4.78, 5) is 34.3. The number of rotatable bonds is 7. The zero-order valence-electron chi connectivity index (χ0n) is 17.4. The Hall–Kier alpha value is -2.11. The average Bonchev–Trinajstić information content (AvgIpc) is 3.27. The Morgan fingerprint density at radius 1 is 1.28 bits per heavy atom. The number of thiazole rings is 1. The van der Waals surface area contributed by atoms with E-state index in [4.69, 9.17) is 14.5 Å². The molecule has 32 heavy (non-hydrogen) atoms. The number of ether oxygens (including phenoxy) is 2. The fourth-order valence-electron chi connectivity index (χ4n) is 2.94. The highest BCUT2D eigenvalue weighted by Gasteiger charge is 2.35. The molecule has 1 aromatic heterocycles. The molecule has 0 aliphatic carbocycles. The lowest BCUT2D eigenvalue weighted by molar-refractivity contribution is -0.167. The number of nitrogens with zero attached hydrogens (tertiary/aromatic N) is 2. The molecule has 0 bridgehead atoms. The normalized spacial score (nSPS) is 17.0. The summed E-state index contributed by atoms with van der Waals surface area (Å²) in [5, 5.41) is 5.85. The largest absolute Gasteiger partial charge is 0.460 e. The quantitative estimate of drug-likeness (QED) is 0.373. The van der Waals surface area contributed by atoms with Crippen molar-refractivity contribution < 1.29 is 23.5 Å².